The zero-order chi connectivity index (χ0) is 16.2. The van der Waals surface area contributed by atoms with E-state index in [1.165, 1.54) is 12.1 Å². The lowest BCUT2D eigenvalue weighted by atomic mass is 9.95. The van der Waals surface area contributed by atoms with E-state index in [1.807, 2.05) is 6.07 Å². The smallest absolute Gasteiger partial charge is 0.406 e. The minimum Gasteiger partial charge on any atom is -0.406 e. The second-order valence-electron chi connectivity index (χ2n) is 6.05. The van der Waals surface area contributed by atoms with E-state index in [9.17, 15) is 13.2 Å². The van der Waals surface area contributed by atoms with Crippen molar-refractivity contribution >= 4 is 0 Å². The van der Waals surface area contributed by atoms with E-state index in [0.717, 1.165) is 38.2 Å². The molecule has 0 bridgehead atoms. The fourth-order valence-electron chi connectivity index (χ4n) is 2.86. The summed E-state index contributed by atoms with van der Waals surface area (Å²) in [7, 11) is 0. The molecule has 0 saturated carbocycles. The lowest BCUT2D eigenvalue weighted by Crippen LogP contribution is -2.45. The van der Waals surface area contributed by atoms with Crippen LogP contribution in [-0.4, -0.2) is 37.4 Å². The molecule has 1 aliphatic heterocycles. The molecule has 1 fully saturated rings. The minimum absolute atomic E-state index is 0.124. The number of benzene rings is 1. The Morgan fingerprint density at radius 3 is 2.50 bits per heavy atom. The van der Waals surface area contributed by atoms with Crippen molar-refractivity contribution in [3.8, 4) is 5.75 Å². The van der Waals surface area contributed by atoms with Gasteiger partial charge in [0.1, 0.15) is 5.75 Å². The quantitative estimate of drug-likeness (QED) is 0.898. The largest absolute Gasteiger partial charge is 0.573 e. The molecule has 1 atom stereocenters. The highest BCUT2D eigenvalue weighted by Crippen LogP contribution is 2.31. The SMILES string of the molecule is CC(C)C[C@@H](c1cccc(OC(F)(F)F)c1)N1CCNCC1. The van der Waals surface area contributed by atoms with Gasteiger partial charge in [0.25, 0.3) is 0 Å². The van der Waals surface area contributed by atoms with E-state index < -0.39 is 6.36 Å². The van der Waals surface area contributed by atoms with Gasteiger partial charge in [0, 0.05) is 32.2 Å². The molecule has 1 heterocycles. The molecule has 22 heavy (non-hydrogen) atoms. The van der Waals surface area contributed by atoms with Crippen molar-refractivity contribution in [2.24, 2.45) is 5.92 Å². The van der Waals surface area contributed by atoms with Crippen molar-refractivity contribution in [1.82, 2.24) is 10.2 Å². The Kier molecular flexibility index (Phi) is 5.69. The number of ether oxygens (including phenoxy) is 1. The summed E-state index contributed by atoms with van der Waals surface area (Å²) in [6.07, 6.45) is -3.74. The maximum absolute atomic E-state index is 12.4. The van der Waals surface area contributed by atoms with E-state index in [0.29, 0.717) is 5.92 Å². The minimum atomic E-state index is -4.65. The molecule has 2 rings (SSSR count). The number of rotatable bonds is 5. The van der Waals surface area contributed by atoms with Gasteiger partial charge in [-0.15, -0.1) is 13.2 Å². The van der Waals surface area contributed by atoms with Crippen LogP contribution in [0.25, 0.3) is 0 Å². The number of alkyl halides is 3. The van der Waals surface area contributed by atoms with E-state index >= 15 is 0 Å². The second-order valence-corrected chi connectivity index (χ2v) is 6.05. The molecule has 3 nitrogen and oxygen atoms in total. The number of nitrogens with one attached hydrogen (secondary N) is 1. The zero-order valence-electron chi connectivity index (χ0n) is 13.0. The van der Waals surface area contributed by atoms with E-state index in [4.69, 9.17) is 0 Å². The molecule has 0 spiro atoms. The number of hydrogen-bond donors (Lipinski definition) is 1. The van der Waals surface area contributed by atoms with Crippen molar-refractivity contribution in [2.75, 3.05) is 26.2 Å². The fourth-order valence-corrected chi connectivity index (χ4v) is 2.86. The number of hydrogen-bond acceptors (Lipinski definition) is 3. The summed E-state index contributed by atoms with van der Waals surface area (Å²) in [5, 5.41) is 3.30. The van der Waals surface area contributed by atoms with Crippen LogP contribution < -0.4 is 10.1 Å². The molecule has 0 unspecified atom stereocenters. The Morgan fingerprint density at radius 1 is 1.23 bits per heavy atom. The van der Waals surface area contributed by atoms with Gasteiger partial charge >= 0.3 is 6.36 Å². The predicted molar refractivity (Wildman–Crippen MR) is 79.8 cm³/mol. The zero-order valence-corrected chi connectivity index (χ0v) is 13.0. The van der Waals surface area contributed by atoms with Gasteiger partial charge in [-0.05, 0) is 30.0 Å². The van der Waals surface area contributed by atoms with Crippen LogP contribution in [0.3, 0.4) is 0 Å². The van der Waals surface area contributed by atoms with Crippen LogP contribution in [0.1, 0.15) is 31.9 Å². The van der Waals surface area contributed by atoms with Crippen molar-refractivity contribution < 1.29 is 17.9 Å². The summed E-state index contributed by atoms with van der Waals surface area (Å²) in [5.41, 5.74) is 0.886. The third-order valence-corrected chi connectivity index (χ3v) is 3.76. The molecule has 1 aromatic rings. The molecular formula is C16H23F3N2O. The van der Waals surface area contributed by atoms with Gasteiger partial charge in [0.05, 0.1) is 0 Å². The van der Waals surface area contributed by atoms with Gasteiger partial charge in [0.2, 0.25) is 0 Å². The molecule has 0 aromatic heterocycles. The van der Waals surface area contributed by atoms with Crippen LogP contribution in [0.4, 0.5) is 13.2 Å². The first kappa shape index (κ1) is 17.1. The summed E-state index contributed by atoms with van der Waals surface area (Å²) in [6, 6.07) is 6.51. The molecule has 1 N–H and O–H groups in total. The van der Waals surface area contributed by atoms with E-state index in [2.05, 4.69) is 28.8 Å². The standard InChI is InChI=1S/C16H23F3N2O/c1-12(2)10-15(21-8-6-20-7-9-21)13-4-3-5-14(11-13)22-16(17,18)19/h3-5,11-12,15,20H,6-10H2,1-2H3/t15-/m0/s1. The van der Waals surface area contributed by atoms with Crippen LogP contribution in [0, 0.1) is 5.92 Å². The fraction of sp³-hybridized carbons (Fsp3) is 0.625. The van der Waals surface area contributed by atoms with Gasteiger partial charge in [0.15, 0.2) is 0 Å². The van der Waals surface area contributed by atoms with Crippen LogP contribution in [0.5, 0.6) is 5.75 Å². The Balaban J connectivity index is 2.20. The van der Waals surface area contributed by atoms with Gasteiger partial charge in [-0.3, -0.25) is 4.90 Å². The third kappa shape index (κ3) is 5.18. The molecule has 124 valence electrons. The van der Waals surface area contributed by atoms with Gasteiger partial charge in [-0.2, -0.15) is 0 Å². The molecule has 0 amide bonds. The van der Waals surface area contributed by atoms with Crippen LogP contribution in [0.15, 0.2) is 24.3 Å². The molecule has 0 radical (unpaired) electrons. The van der Waals surface area contributed by atoms with Crippen LogP contribution in [0.2, 0.25) is 0 Å². The monoisotopic (exact) mass is 316 g/mol. The van der Waals surface area contributed by atoms with Crippen LogP contribution in [-0.2, 0) is 0 Å². The summed E-state index contributed by atoms with van der Waals surface area (Å²) in [4.78, 5) is 2.34. The number of nitrogens with zero attached hydrogens (tertiary/aromatic N) is 1. The molecule has 1 saturated heterocycles. The lowest BCUT2D eigenvalue weighted by molar-refractivity contribution is -0.274. The average Bonchev–Trinajstić information content (AvgIpc) is 2.44. The Morgan fingerprint density at radius 2 is 1.91 bits per heavy atom. The summed E-state index contributed by atoms with van der Waals surface area (Å²) >= 11 is 0. The maximum Gasteiger partial charge on any atom is 0.573 e. The second kappa shape index (κ2) is 7.33. The highest BCUT2D eigenvalue weighted by Gasteiger charge is 2.31. The molecule has 1 aliphatic rings. The average molecular weight is 316 g/mol. The molecule has 0 aliphatic carbocycles. The van der Waals surface area contributed by atoms with E-state index in [-0.39, 0.29) is 11.8 Å². The maximum atomic E-state index is 12.4. The number of halogens is 3. The molecular weight excluding hydrogens is 293 g/mol. The predicted octanol–water partition coefficient (Wildman–Crippen LogP) is 3.58. The topological polar surface area (TPSA) is 24.5 Å². The lowest BCUT2D eigenvalue weighted by Gasteiger charge is -2.36. The van der Waals surface area contributed by atoms with Crippen molar-refractivity contribution in [2.45, 2.75) is 32.7 Å². The third-order valence-electron chi connectivity index (χ3n) is 3.76. The van der Waals surface area contributed by atoms with Gasteiger partial charge in [-0.25, -0.2) is 0 Å². The van der Waals surface area contributed by atoms with Gasteiger partial charge < -0.3 is 10.1 Å². The molecule has 1 aromatic carbocycles. The normalized spacial score (nSPS) is 18.5. The highest BCUT2D eigenvalue weighted by atomic mass is 19.4. The molecule has 6 heteroatoms. The summed E-state index contributed by atoms with van der Waals surface area (Å²) < 4.78 is 41.2. The first-order chi connectivity index (χ1) is 10.3. The number of piperazine rings is 1. The van der Waals surface area contributed by atoms with Crippen molar-refractivity contribution in [3.05, 3.63) is 29.8 Å². The summed E-state index contributed by atoms with van der Waals surface area (Å²) in [6.45, 7) is 7.89. The first-order valence-electron chi connectivity index (χ1n) is 7.65. The van der Waals surface area contributed by atoms with Gasteiger partial charge in [-0.1, -0.05) is 26.0 Å². The van der Waals surface area contributed by atoms with E-state index in [1.54, 1.807) is 6.07 Å². The summed E-state index contributed by atoms with van der Waals surface area (Å²) in [5.74, 6) is 0.320. The van der Waals surface area contributed by atoms with Crippen LogP contribution >= 0.6 is 0 Å². The van der Waals surface area contributed by atoms with Crippen molar-refractivity contribution in [3.63, 3.8) is 0 Å². The Labute approximate surface area is 129 Å². The highest BCUT2D eigenvalue weighted by molar-refractivity contribution is 5.31. The van der Waals surface area contributed by atoms with Crippen molar-refractivity contribution in [1.29, 1.82) is 0 Å². The Bertz CT molecular complexity index is 471. The first-order valence-corrected chi connectivity index (χ1v) is 7.65. The Hall–Kier alpha value is -1.27.